The molecule has 6 heteroatoms. The average Bonchev–Trinajstić information content (AvgIpc) is 3.22. The summed E-state index contributed by atoms with van der Waals surface area (Å²) >= 11 is 0. The molecule has 0 bridgehead atoms. The number of rotatable bonds is 11. The molecule has 1 amide bonds. The van der Waals surface area contributed by atoms with Gasteiger partial charge >= 0.3 is 0 Å². The summed E-state index contributed by atoms with van der Waals surface area (Å²) in [5.74, 6) is 0.211. The Morgan fingerprint density at radius 1 is 0.970 bits per heavy atom. The van der Waals surface area contributed by atoms with Gasteiger partial charge in [0.05, 0.1) is 13.1 Å². The zero-order chi connectivity index (χ0) is 23.8. The third-order valence-electron chi connectivity index (χ3n) is 5.98. The Hall–Kier alpha value is -2.99. The molecule has 0 saturated carbocycles. The maximum Gasteiger partial charge on any atom is 0.237 e. The van der Waals surface area contributed by atoms with E-state index in [0.717, 1.165) is 17.7 Å². The number of furan rings is 1. The molecule has 0 fully saturated rings. The van der Waals surface area contributed by atoms with Gasteiger partial charge in [0.15, 0.2) is 0 Å². The van der Waals surface area contributed by atoms with Crippen molar-refractivity contribution in [2.45, 2.75) is 52.7 Å². The summed E-state index contributed by atoms with van der Waals surface area (Å²) in [4.78, 5) is 17.0. The maximum atomic E-state index is 14.3. The van der Waals surface area contributed by atoms with Crippen LogP contribution in [0.4, 0.5) is 8.78 Å². The van der Waals surface area contributed by atoms with Crippen molar-refractivity contribution in [3.63, 3.8) is 0 Å². The monoisotopic (exact) mass is 454 g/mol. The second-order valence-electron chi connectivity index (χ2n) is 8.43. The first-order valence-electron chi connectivity index (χ1n) is 11.4. The molecule has 176 valence electrons. The quantitative estimate of drug-likeness (QED) is 0.371. The Labute approximate surface area is 194 Å². The van der Waals surface area contributed by atoms with Crippen molar-refractivity contribution in [2.75, 3.05) is 13.1 Å². The fourth-order valence-electron chi connectivity index (χ4n) is 3.74. The lowest BCUT2D eigenvalue weighted by atomic mass is 10.1. The molecule has 0 radical (unpaired) electrons. The van der Waals surface area contributed by atoms with Crippen LogP contribution in [0.3, 0.4) is 0 Å². The predicted molar refractivity (Wildman–Crippen MR) is 126 cm³/mol. The molecule has 0 N–H and O–H groups in total. The molecule has 0 spiro atoms. The number of nitrogens with zero attached hydrogens (tertiary/aromatic N) is 2. The minimum absolute atomic E-state index is 0.0110. The van der Waals surface area contributed by atoms with Crippen LogP contribution < -0.4 is 0 Å². The number of benzene rings is 2. The predicted octanol–water partition coefficient (Wildman–Crippen LogP) is 5.74. The molecule has 1 aromatic heterocycles. The number of aryl methyl sites for hydroxylation is 1. The van der Waals surface area contributed by atoms with Crippen molar-refractivity contribution in [3.8, 4) is 0 Å². The van der Waals surface area contributed by atoms with Gasteiger partial charge in [0, 0.05) is 24.7 Å². The van der Waals surface area contributed by atoms with E-state index in [1.54, 1.807) is 4.90 Å². The first kappa shape index (κ1) is 24.6. The largest absolute Gasteiger partial charge is 0.464 e. The molecule has 3 rings (SSSR count). The second-order valence-corrected chi connectivity index (χ2v) is 8.43. The number of halogens is 2. The highest BCUT2D eigenvalue weighted by atomic mass is 19.1. The highest BCUT2D eigenvalue weighted by Gasteiger charge is 2.24. The molecule has 33 heavy (non-hydrogen) atoms. The van der Waals surface area contributed by atoms with Gasteiger partial charge in [0.1, 0.15) is 23.2 Å². The Balaban J connectivity index is 1.77. The van der Waals surface area contributed by atoms with Crippen molar-refractivity contribution in [3.05, 3.63) is 94.9 Å². The van der Waals surface area contributed by atoms with Crippen LogP contribution in [-0.4, -0.2) is 34.8 Å². The maximum absolute atomic E-state index is 14.3. The normalized spacial score (nSPS) is 12.2. The number of hydrogen-bond donors (Lipinski definition) is 0. The molecule has 0 aliphatic heterocycles. The molecule has 0 unspecified atom stereocenters. The zero-order valence-corrected chi connectivity index (χ0v) is 19.6. The molecule has 4 nitrogen and oxygen atoms in total. The van der Waals surface area contributed by atoms with Gasteiger partial charge in [-0.05, 0) is 56.5 Å². The molecular formula is C27H32F2N2O2. The van der Waals surface area contributed by atoms with E-state index in [-0.39, 0.29) is 30.6 Å². The van der Waals surface area contributed by atoms with Gasteiger partial charge in [0.25, 0.3) is 0 Å². The SMILES string of the molecule is CC[C@@H](C)N(CC(=O)N(CCc1ccccc1)Cc1ccc(C)o1)Cc1c(F)cccc1F. The number of carbonyl (C=O) groups excluding carboxylic acids is 1. The Morgan fingerprint density at radius 2 is 1.67 bits per heavy atom. The Morgan fingerprint density at radius 3 is 2.27 bits per heavy atom. The first-order valence-corrected chi connectivity index (χ1v) is 11.4. The van der Waals surface area contributed by atoms with Gasteiger partial charge in [-0.2, -0.15) is 0 Å². The Kier molecular flexibility index (Phi) is 8.78. The van der Waals surface area contributed by atoms with Gasteiger partial charge in [0.2, 0.25) is 5.91 Å². The third-order valence-corrected chi connectivity index (χ3v) is 5.98. The van der Waals surface area contributed by atoms with E-state index in [1.165, 1.54) is 18.2 Å². The van der Waals surface area contributed by atoms with Crippen LogP contribution in [-0.2, 0) is 24.3 Å². The van der Waals surface area contributed by atoms with Gasteiger partial charge in [-0.3, -0.25) is 9.69 Å². The highest BCUT2D eigenvalue weighted by molar-refractivity contribution is 5.78. The first-order chi connectivity index (χ1) is 15.9. The van der Waals surface area contributed by atoms with Crippen molar-refractivity contribution in [1.82, 2.24) is 9.80 Å². The third kappa shape index (κ3) is 6.99. The molecular weight excluding hydrogens is 422 g/mol. The summed E-state index contributed by atoms with van der Waals surface area (Å²) in [6.45, 7) is 6.80. The van der Waals surface area contributed by atoms with Gasteiger partial charge in [-0.15, -0.1) is 0 Å². The average molecular weight is 455 g/mol. The van der Waals surface area contributed by atoms with Crippen molar-refractivity contribution in [1.29, 1.82) is 0 Å². The van der Waals surface area contributed by atoms with E-state index in [1.807, 2.05) is 68.1 Å². The Bertz CT molecular complexity index is 1020. The summed E-state index contributed by atoms with van der Waals surface area (Å²) < 4.78 is 34.3. The topological polar surface area (TPSA) is 36.7 Å². The van der Waals surface area contributed by atoms with E-state index in [9.17, 15) is 13.6 Å². The number of carbonyl (C=O) groups is 1. The minimum Gasteiger partial charge on any atom is -0.464 e. The van der Waals surface area contributed by atoms with Crippen LogP contribution in [0.2, 0.25) is 0 Å². The van der Waals surface area contributed by atoms with E-state index in [4.69, 9.17) is 4.42 Å². The lowest BCUT2D eigenvalue weighted by Crippen LogP contribution is -2.44. The van der Waals surface area contributed by atoms with Crippen LogP contribution in [0, 0.1) is 18.6 Å². The lowest BCUT2D eigenvalue weighted by molar-refractivity contribution is -0.134. The van der Waals surface area contributed by atoms with Crippen molar-refractivity contribution >= 4 is 5.91 Å². The summed E-state index contributed by atoms with van der Waals surface area (Å²) in [6.07, 6.45) is 1.46. The molecule has 2 aromatic carbocycles. The number of amides is 1. The van der Waals surface area contributed by atoms with Crippen molar-refractivity contribution < 1.29 is 18.0 Å². The summed E-state index contributed by atoms with van der Waals surface area (Å²) in [7, 11) is 0. The molecule has 0 saturated heterocycles. The second kappa shape index (κ2) is 11.8. The van der Waals surface area contributed by atoms with Gasteiger partial charge in [-0.1, -0.05) is 43.3 Å². The lowest BCUT2D eigenvalue weighted by Gasteiger charge is -2.31. The summed E-state index contributed by atoms with van der Waals surface area (Å²) in [6, 6.07) is 17.6. The molecule has 0 aliphatic rings. The van der Waals surface area contributed by atoms with Gasteiger partial charge < -0.3 is 9.32 Å². The molecule has 0 aliphatic carbocycles. The zero-order valence-electron chi connectivity index (χ0n) is 19.6. The fraction of sp³-hybridized carbons (Fsp3) is 0.370. The standard InChI is InChI=1S/C27H32F2N2O2/c1-4-20(2)31(18-24-25(28)11-8-12-26(24)29)19-27(32)30(17-23-14-13-21(3)33-23)16-15-22-9-6-5-7-10-22/h5-14,20H,4,15-19H2,1-3H3/t20-/m1/s1. The molecule has 1 heterocycles. The van der Waals surface area contributed by atoms with E-state index >= 15 is 0 Å². The molecule has 1 atom stereocenters. The van der Waals surface area contributed by atoms with Crippen molar-refractivity contribution in [2.24, 2.45) is 0 Å². The smallest absolute Gasteiger partial charge is 0.237 e. The minimum atomic E-state index is -0.595. The highest BCUT2D eigenvalue weighted by Crippen LogP contribution is 2.18. The van der Waals surface area contributed by atoms with Crippen LogP contribution in [0.5, 0.6) is 0 Å². The van der Waals surface area contributed by atoms with E-state index in [0.29, 0.717) is 25.3 Å². The summed E-state index contributed by atoms with van der Waals surface area (Å²) in [5.41, 5.74) is 1.13. The molecule has 3 aromatic rings. The van der Waals surface area contributed by atoms with Crippen LogP contribution in [0.1, 0.15) is 42.9 Å². The summed E-state index contributed by atoms with van der Waals surface area (Å²) in [5, 5.41) is 0. The van der Waals surface area contributed by atoms with E-state index in [2.05, 4.69) is 0 Å². The van der Waals surface area contributed by atoms with Crippen LogP contribution >= 0.6 is 0 Å². The fourth-order valence-corrected chi connectivity index (χ4v) is 3.74. The van der Waals surface area contributed by atoms with E-state index < -0.39 is 11.6 Å². The van der Waals surface area contributed by atoms with Crippen LogP contribution in [0.25, 0.3) is 0 Å². The van der Waals surface area contributed by atoms with Crippen LogP contribution in [0.15, 0.2) is 65.1 Å². The number of hydrogen-bond acceptors (Lipinski definition) is 3. The van der Waals surface area contributed by atoms with Gasteiger partial charge in [-0.25, -0.2) is 8.78 Å².